The summed E-state index contributed by atoms with van der Waals surface area (Å²) in [5, 5.41) is 7.40. The first kappa shape index (κ1) is 15.9. The van der Waals surface area contributed by atoms with Crippen molar-refractivity contribution in [3.05, 3.63) is 29.5 Å². The summed E-state index contributed by atoms with van der Waals surface area (Å²) in [5.74, 6) is 1.77. The Morgan fingerprint density at radius 1 is 1.48 bits per heavy atom. The number of furan rings is 1. The van der Waals surface area contributed by atoms with Gasteiger partial charge in [0.2, 0.25) is 5.91 Å². The van der Waals surface area contributed by atoms with Gasteiger partial charge in [0, 0.05) is 17.5 Å². The monoisotopic (exact) mass is 316 g/mol. The van der Waals surface area contributed by atoms with Crippen molar-refractivity contribution in [2.24, 2.45) is 5.92 Å². The van der Waals surface area contributed by atoms with E-state index in [2.05, 4.69) is 10.6 Å². The fraction of sp³-hybridized carbons (Fsp3) is 0.500. The molecule has 1 aromatic carbocycles. The normalized spacial score (nSPS) is 19.5. The molecule has 1 aliphatic heterocycles. The summed E-state index contributed by atoms with van der Waals surface area (Å²) in [6.07, 6.45) is 2.00. The predicted octanol–water partition coefficient (Wildman–Crippen LogP) is 2.93. The Hall–Kier alpha value is -2.01. The van der Waals surface area contributed by atoms with Crippen LogP contribution in [0, 0.1) is 12.8 Å². The van der Waals surface area contributed by atoms with Crippen LogP contribution in [0.5, 0.6) is 5.75 Å². The van der Waals surface area contributed by atoms with Crippen LogP contribution in [0.1, 0.15) is 37.1 Å². The Morgan fingerprint density at radius 2 is 2.30 bits per heavy atom. The van der Waals surface area contributed by atoms with E-state index < -0.39 is 0 Å². The lowest BCUT2D eigenvalue weighted by molar-refractivity contribution is -0.126. The molecule has 2 unspecified atom stereocenters. The summed E-state index contributed by atoms with van der Waals surface area (Å²) in [7, 11) is 1.65. The average molecular weight is 316 g/mol. The summed E-state index contributed by atoms with van der Waals surface area (Å²) in [5.41, 5.74) is 1.87. The molecule has 124 valence electrons. The summed E-state index contributed by atoms with van der Waals surface area (Å²) in [6, 6.07) is 5.61. The van der Waals surface area contributed by atoms with Crippen molar-refractivity contribution in [3.63, 3.8) is 0 Å². The van der Waals surface area contributed by atoms with Crippen LogP contribution in [0.3, 0.4) is 0 Å². The molecule has 2 heterocycles. The van der Waals surface area contributed by atoms with Crippen LogP contribution in [0.4, 0.5) is 0 Å². The van der Waals surface area contributed by atoms with Crippen molar-refractivity contribution < 1.29 is 13.9 Å². The molecule has 1 saturated heterocycles. The summed E-state index contributed by atoms with van der Waals surface area (Å²) in [4.78, 5) is 12.4. The van der Waals surface area contributed by atoms with E-state index in [1.807, 2.05) is 32.0 Å². The Bertz CT molecular complexity index is 702. The topological polar surface area (TPSA) is 63.5 Å². The van der Waals surface area contributed by atoms with Gasteiger partial charge in [-0.15, -0.1) is 0 Å². The van der Waals surface area contributed by atoms with E-state index in [4.69, 9.17) is 9.15 Å². The van der Waals surface area contributed by atoms with Gasteiger partial charge in [0.25, 0.3) is 0 Å². The van der Waals surface area contributed by atoms with Gasteiger partial charge in [0.05, 0.1) is 19.1 Å². The second kappa shape index (κ2) is 6.62. The van der Waals surface area contributed by atoms with Crippen LogP contribution in [-0.4, -0.2) is 26.1 Å². The van der Waals surface area contributed by atoms with Gasteiger partial charge < -0.3 is 19.8 Å². The third kappa shape index (κ3) is 3.20. The van der Waals surface area contributed by atoms with Gasteiger partial charge in [-0.2, -0.15) is 0 Å². The number of methoxy groups -OCH3 is 1. The molecule has 23 heavy (non-hydrogen) atoms. The van der Waals surface area contributed by atoms with E-state index in [0.717, 1.165) is 54.0 Å². The second-order valence-corrected chi connectivity index (χ2v) is 6.23. The predicted molar refractivity (Wildman–Crippen MR) is 89.7 cm³/mol. The molecule has 1 amide bonds. The van der Waals surface area contributed by atoms with Gasteiger partial charge in [-0.1, -0.05) is 0 Å². The number of benzene rings is 1. The van der Waals surface area contributed by atoms with Gasteiger partial charge in [-0.05, 0) is 51.4 Å². The van der Waals surface area contributed by atoms with Crippen LogP contribution in [0.2, 0.25) is 0 Å². The second-order valence-electron chi connectivity index (χ2n) is 6.23. The highest BCUT2D eigenvalue weighted by Crippen LogP contribution is 2.32. The van der Waals surface area contributed by atoms with E-state index in [9.17, 15) is 4.79 Å². The van der Waals surface area contributed by atoms with E-state index in [0.29, 0.717) is 0 Å². The molecule has 2 N–H and O–H groups in total. The molecule has 3 rings (SSSR count). The Kier molecular flexibility index (Phi) is 4.57. The van der Waals surface area contributed by atoms with Gasteiger partial charge in [-0.3, -0.25) is 4.79 Å². The Morgan fingerprint density at radius 3 is 3.00 bits per heavy atom. The van der Waals surface area contributed by atoms with Crippen molar-refractivity contribution in [2.45, 2.75) is 32.7 Å². The zero-order valence-corrected chi connectivity index (χ0v) is 13.9. The van der Waals surface area contributed by atoms with Crippen molar-refractivity contribution in [3.8, 4) is 5.75 Å². The fourth-order valence-corrected chi connectivity index (χ4v) is 3.23. The number of rotatable bonds is 4. The zero-order chi connectivity index (χ0) is 16.4. The van der Waals surface area contributed by atoms with Crippen molar-refractivity contribution in [1.29, 1.82) is 0 Å². The van der Waals surface area contributed by atoms with Gasteiger partial charge in [-0.25, -0.2) is 0 Å². The number of ether oxygens (including phenoxy) is 1. The molecule has 2 aromatic rings. The molecule has 0 radical (unpaired) electrons. The third-order valence-electron chi connectivity index (χ3n) is 4.60. The maximum absolute atomic E-state index is 12.4. The zero-order valence-electron chi connectivity index (χ0n) is 13.9. The van der Waals surface area contributed by atoms with E-state index in [1.54, 1.807) is 7.11 Å². The smallest absolute Gasteiger partial charge is 0.224 e. The van der Waals surface area contributed by atoms with Crippen LogP contribution >= 0.6 is 0 Å². The van der Waals surface area contributed by atoms with Crippen LogP contribution in [-0.2, 0) is 4.79 Å². The fourth-order valence-electron chi connectivity index (χ4n) is 3.23. The van der Waals surface area contributed by atoms with E-state index in [-0.39, 0.29) is 17.9 Å². The SMILES string of the molecule is COc1ccc2oc(C(C)NC(=O)C3CCCNC3)c(C)c2c1. The Labute approximate surface area is 136 Å². The molecular weight excluding hydrogens is 292 g/mol. The first-order valence-corrected chi connectivity index (χ1v) is 8.18. The van der Waals surface area contributed by atoms with Gasteiger partial charge in [0.1, 0.15) is 17.1 Å². The number of aryl methyl sites for hydroxylation is 1. The number of nitrogens with one attached hydrogen (secondary N) is 2. The van der Waals surface area contributed by atoms with Crippen molar-refractivity contribution in [1.82, 2.24) is 10.6 Å². The van der Waals surface area contributed by atoms with Gasteiger partial charge >= 0.3 is 0 Å². The minimum atomic E-state index is -0.150. The van der Waals surface area contributed by atoms with Crippen molar-refractivity contribution in [2.75, 3.05) is 20.2 Å². The average Bonchev–Trinajstić information content (AvgIpc) is 2.92. The maximum Gasteiger partial charge on any atom is 0.224 e. The van der Waals surface area contributed by atoms with E-state index >= 15 is 0 Å². The molecule has 2 atom stereocenters. The third-order valence-corrected chi connectivity index (χ3v) is 4.60. The van der Waals surface area contributed by atoms with Crippen LogP contribution in [0.25, 0.3) is 11.0 Å². The highest BCUT2D eigenvalue weighted by molar-refractivity contribution is 5.84. The number of carbonyl (C=O) groups excluding carboxylic acids is 1. The standard InChI is InChI=1S/C18H24N2O3/c1-11-15-9-14(22-3)6-7-16(15)23-17(11)12(2)20-18(21)13-5-4-8-19-10-13/h6-7,9,12-13,19H,4-5,8,10H2,1-3H3,(H,20,21). The van der Waals surface area contributed by atoms with Gasteiger partial charge in [0.15, 0.2) is 0 Å². The number of piperidine rings is 1. The number of hydrogen-bond acceptors (Lipinski definition) is 4. The molecule has 1 aliphatic rings. The van der Waals surface area contributed by atoms with Crippen LogP contribution < -0.4 is 15.4 Å². The minimum Gasteiger partial charge on any atom is -0.497 e. The highest BCUT2D eigenvalue weighted by Gasteiger charge is 2.24. The van der Waals surface area contributed by atoms with E-state index in [1.165, 1.54) is 0 Å². The first-order chi connectivity index (χ1) is 11.1. The first-order valence-electron chi connectivity index (χ1n) is 8.18. The lowest BCUT2D eigenvalue weighted by Crippen LogP contribution is -2.41. The Balaban J connectivity index is 1.78. The highest BCUT2D eigenvalue weighted by atomic mass is 16.5. The molecule has 1 fully saturated rings. The molecule has 5 nitrogen and oxygen atoms in total. The lowest BCUT2D eigenvalue weighted by Gasteiger charge is -2.23. The number of fused-ring (bicyclic) bond motifs is 1. The number of amides is 1. The maximum atomic E-state index is 12.4. The summed E-state index contributed by atoms with van der Waals surface area (Å²) >= 11 is 0. The van der Waals surface area contributed by atoms with Crippen molar-refractivity contribution >= 4 is 16.9 Å². The summed E-state index contributed by atoms with van der Waals surface area (Å²) in [6.45, 7) is 5.75. The molecule has 0 aliphatic carbocycles. The number of hydrogen-bond donors (Lipinski definition) is 2. The number of carbonyl (C=O) groups is 1. The molecule has 0 bridgehead atoms. The molecule has 1 aromatic heterocycles. The molecule has 0 saturated carbocycles. The quantitative estimate of drug-likeness (QED) is 0.910. The lowest BCUT2D eigenvalue weighted by atomic mass is 9.98. The summed E-state index contributed by atoms with van der Waals surface area (Å²) < 4.78 is 11.2. The molecular formula is C18H24N2O3. The molecule has 5 heteroatoms. The molecule has 0 spiro atoms. The largest absolute Gasteiger partial charge is 0.497 e. The van der Waals surface area contributed by atoms with Crippen LogP contribution in [0.15, 0.2) is 22.6 Å². The minimum absolute atomic E-state index is 0.0518.